The smallest absolute Gasteiger partial charge is 0.220 e. The van der Waals surface area contributed by atoms with Crippen molar-refractivity contribution in [1.82, 2.24) is 20.3 Å². The van der Waals surface area contributed by atoms with E-state index < -0.39 is 0 Å². The molecular formula is C21H30N4O. The van der Waals surface area contributed by atoms with Gasteiger partial charge in [-0.2, -0.15) is 0 Å². The first-order chi connectivity index (χ1) is 12.5. The summed E-state index contributed by atoms with van der Waals surface area (Å²) in [6, 6.07) is 0. The Bertz CT molecular complexity index is 741. The quantitative estimate of drug-likeness (QED) is 0.840. The average molecular weight is 354 g/mol. The third kappa shape index (κ3) is 2.18. The van der Waals surface area contributed by atoms with Gasteiger partial charge in [0, 0.05) is 24.1 Å². The molecule has 4 aliphatic rings. The number of hydrogen-bond acceptors (Lipinski definition) is 3. The first-order valence-electron chi connectivity index (χ1n) is 10.4. The second kappa shape index (κ2) is 5.67. The molecule has 1 amide bonds. The lowest BCUT2D eigenvalue weighted by Gasteiger charge is -2.58. The van der Waals surface area contributed by atoms with E-state index in [1.165, 1.54) is 37.8 Å². The maximum absolute atomic E-state index is 12.0. The molecule has 5 nitrogen and oxygen atoms in total. The number of rotatable bonds is 1. The van der Waals surface area contributed by atoms with Crippen LogP contribution < -0.4 is 5.32 Å². The van der Waals surface area contributed by atoms with Crippen molar-refractivity contribution in [2.24, 2.45) is 34.5 Å². The van der Waals surface area contributed by atoms with Crippen LogP contribution in [0.1, 0.15) is 58.8 Å². The first-order valence-corrected chi connectivity index (χ1v) is 10.4. The van der Waals surface area contributed by atoms with Crippen LogP contribution >= 0.6 is 0 Å². The lowest BCUT2D eigenvalue weighted by molar-refractivity contribution is -0.121. The number of nitrogens with one attached hydrogen (secondary N) is 1. The van der Waals surface area contributed by atoms with Crippen LogP contribution in [0.5, 0.6) is 0 Å². The Morgan fingerprint density at radius 1 is 1.19 bits per heavy atom. The molecule has 1 aromatic heterocycles. The Kier molecular flexibility index (Phi) is 3.60. The van der Waals surface area contributed by atoms with Crippen molar-refractivity contribution in [3.63, 3.8) is 0 Å². The molecule has 140 valence electrons. The summed E-state index contributed by atoms with van der Waals surface area (Å²) in [5.74, 6) is 3.17. The van der Waals surface area contributed by atoms with Crippen molar-refractivity contribution >= 4 is 11.6 Å². The molecule has 2 saturated carbocycles. The molecule has 26 heavy (non-hydrogen) atoms. The SMILES string of the molecule is C[C@]12CCC(=O)NC[C@@H]1CC[C@@H]1[C@@H]2CC[C@]2(C)C(n3ccnn3)=CC[C@@H]12. The Morgan fingerprint density at radius 2 is 2.08 bits per heavy atom. The monoisotopic (exact) mass is 354 g/mol. The van der Waals surface area contributed by atoms with Gasteiger partial charge in [-0.25, -0.2) is 4.68 Å². The van der Waals surface area contributed by atoms with Crippen LogP contribution in [-0.2, 0) is 4.79 Å². The van der Waals surface area contributed by atoms with E-state index >= 15 is 0 Å². The minimum Gasteiger partial charge on any atom is -0.356 e. The number of fused-ring (bicyclic) bond motifs is 5. The maximum atomic E-state index is 12.0. The Hall–Kier alpha value is -1.65. The number of allylic oxidation sites excluding steroid dienone is 2. The summed E-state index contributed by atoms with van der Waals surface area (Å²) >= 11 is 0. The summed E-state index contributed by atoms with van der Waals surface area (Å²) in [5, 5.41) is 11.5. The summed E-state index contributed by atoms with van der Waals surface area (Å²) in [6.07, 6.45) is 14.2. The van der Waals surface area contributed by atoms with Gasteiger partial charge in [-0.1, -0.05) is 25.1 Å². The summed E-state index contributed by atoms with van der Waals surface area (Å²) in [7, 11) is 0. The molecule has 6 atom stereocenters. The van der Waals surface area contributed by atoms with Crippen LogP contribution in [0.15, 0.2) is 18.5 Å². The topological polar surface area (TPSA) is 59.8 Å². The van der Waals surface area contributed by atoms with Crippen LogP contribution in [0, 0.1) is 34.5 Å². The normalized spacial score (nSPS) is 45.0. The molecule has 0 spiro atoms. The number of hydrogen-bond donors (Lipinski definition) is 1. The van der Waals surface area contributed by atoms with Crippen LogP contribution in [0.25, 0.3) is 5.70 Å². The molecule has 1 saturated heterocycles. The number of amides is 1. The molecule has 0 bridgehead atoms. The largest absolute Gasteiger partial charge is 0.356 e. The van der Waals surface area contributed by atoms with Gasteiger partial charge in [0.25, 0.3) is 0 Å². The molecule has 5 heteroatoms. The van der Waals surface area contributed by atoms with Crippen molar-refractivity contribution < 1.29 is 4.79 Å². The highest BCUT2D eigenvalue weighted by Gasteiger charge is 2.58. The van der Waals surface area contributed by atoms with Gasteiger partial charge in [-0.15, -0.1) is 5.10 Å². The highest BCUT2D eigenvalue weighted by molar-refractivity contribution is 5.76. The molecule has 0 aromatic carbocycles. The van der Waals surface area contributed by atoms with E-state index in [0.29, 0.717) is 23.7 Å². The van der Waals surface area contributed by atoms with Gasteiger partial charge in [0.15, 0.2) is 0 Å². The molecule has 2 heterocycles. The fraction of sp³-hybridized carbons (Fsp3) is 0.762. The zero-order chi connectivity index (χ0) is 17.9. The molecule has 1 aliphatic heterocycles. The van der Waals surface area contributed by atoms with Crippen molar-refractivity contribution in [3.8, 4) is 0 Å². The maximum Gasteiger partial charge on any atom is 0.220 e. The summed E-state index contributed by atoms with van der Waals surface area (Å²) in [6.45, 7) is 5.85. The van der Waals surface area contributed by atoms with Crippen molar-refractivity contribution in [3.05, 3.63) is 18.5 Å². The number of carbonyl (C=O) groups excluding carboxylic acids is 1. The third-order valence-corrected chi connectivity index (χ3v) is 8.71. The Labute approximate surface area is 155 Å². The lowest BCUT2D eigenvalue weighted by atomic mass is 9.47. The van der Waals surface area contributed by atoms with Crippen molar-refractivity contribution in [2.45, 2.75) is 58.8 Å². The predicted octanol–water partition coefficient (Wildman–Crippen LogP) is 3.50. The molecular weight excluding hydrogens is 324 g/mol. The standard InChI is InChI=1S/C21H30N4O/c1-20-10-8-19(26)22-13-14(20)3-4-15-16-5-6-18(25-12-11-23-24-25)21(16,2)9-7-17(15)20/h6,11-12,14-17H,3-5,7-10,13H2,1-2H3,(H,22,26)/t14-,15-,16-,17-,20-,21-/m0/s1. The summed E-state index contributed by atoms with van der Waals surface area (Å²) in [5.41, 5.74) is 1.90. The average Bonchev–Trinajstić information content (AvgIpc) is 3.22. The van der Waals surface area contributed by atoms with E-state index in [-0.39, 0.29) is 11.3 Å². The number of aromatic nitrogens is 3. The number of nitrogens with zero attached hydrogens (tertiary/aromatic N) is 3. The van der Waals surface area contributed by atoms with Crippen molar-refractivity contribution in [1.29, 1.82) is 0 Å². The second-order valence-corrected chi connectivity index (χ2v) is 9.59. The minimum atomic E-state index is 0.219. The van der Waals surface area contributed by atoms with Crippen molar-refractivity contribution in [2.75, 3.05) is 6.54 Å². The molecule has 3 aliphatic carbocycles. The third-order valence-electron chi connectivity index (χ3n) is 8.71. The molecule has 0 unspecified atom stereocenters. The summed E-state index contributed by atoms with van der Waals surface area (Å²) in [4.78, 5) is 12.0. The van der Waals surface area contributed by atoms with E-state index in [4.69, 9.17) is 0 Å². The number of carbonyl (C=O) groups is 1. The van der Waals surface area contributed by atoms with Crippen LogP contribution in [0.2, 0.25) is 0 Å². The molecule has 0 radical (unpaired) electrons. The fourth-order valence-electron chi connectivity index (χ4n) is 7.20. The van der Waals surface area contributed by atoms with E-state index in [1.807, 2.05) is 10.9 Å². The van der Waals surface area contributed by atoms with E-state index in [2.05, 4.69) is 35.6 Å². The first kappa shape index (κ1) is 16.5. The summed E-state index contributed by atoms with van der Waals surface area (Å²) < 4.78 is 2.00. The highest BCUT2D eigenvalue weighted by atomic mass is 16.1. The molecule has 1 N–H and O–H groups in total. The van der Waals surface area contributed by atoms with Gasteiger partial charge in [0.2, 0.25) is 5.91 Å². The predicted molar refractivity (Wildman–Crippen MR) is 99.8 cm³/mol. The second-order valence-electron chi connectivity index (χ2n) is 9.59. The zero-order valence-electron chi connectivity index (χ0n) is 15.9. The van der Waals surface area contributed by atoms with Gasteiger partial charge in [-0.05, 0) is 67.6 Å². The molecule has 3 fully saturated rings. The van der Waals surface area contributed by atoms with E-state index in [0.717, 1.165) is 24.8 Å². The Morgan fingerprint density at radius 3 is 2.88 bits per heavy atom. The van der Waals surface area contributed by atoms with Gasteiger partial charge < -0.3 is 5.32 Å². The minimum absolute atomic E-state index is 0.219. The molecule has 1 aromatic rings. The fourth-order valence-corrected chi connectivity index (χ4v) is 7.20. The Balaban J connectivity index is 1.45. The highest BCUT2D eigenvalue weighted by Crippen LogP contribution is 2.65. The van der Waals surface area contributed by atoms with E-state index in [1.54, 1.807) is 6.20 Å². The van der Waals surface area contributed by atoms with Crippen LogP contribution in [0.3, 0.4) is 0 Å². The molecule has 5 rings (SSSR count). The van der Waals surface area contributed by atoms with Gasteiger partial charge >= 0.3 is 0 Å². The van der Waals surface area contributed by atoms with E-state index in [9.17, 15) is 4.79 Å². The zero-order valence-corrected chi connectivity index (χ0v) is 15.9. The van der Waals surface area contributed by atoms with Crippen LogP contribution in [-0.4, -0.2) is 27.4 Å². The lowest BCUT2D eigenvalue weighted by Crippen LogP contribution is -2.52. The van der Waals surface area contributed by atoms with Gasteiger partial charge in [0.05, 0.1) is 12.4 Å². The van der Waals surface area contributed by atoms with Gasteiger partial charge in [0.1, 0.15) is 0 Å². The van der Waals surface area contributed by atoms with Crippen LogP contribution in [0.4, 0.5) is 0 Å². The van der Waals surface area contributed by atoms with Gasteiger partial charge in [-0.3, -0.25) is 4.79 Å².